The molecule has 1 aliphatic rings. The first-order chi connectivity index (χ1) is 22.4. The van der Waals surface area contributed by atoms with Crippen molar-refractivity contribution in [3.8, 4) is 5.69 Å². The van der Waals surface area contributed by atoms with E-state index in [4.69, 9.17) is 28.1 Å². The van der Waals surface area contributed by atoms with Gasteiger partial charge in [-0.1, -0.05) is 35.5 Å². The monoisotopic (exact) mass is 682 g/mol. The van der Waals surface area contributed by atoms with Crippen LogP contribution in [0.2, 0.25) is 5.02 Å². The Bertz CT molecular complexity index is 1780. The average Bonchev–Trinajstić information content (AvgIpc) is 3.40. The number of thioether (sulfide) groups is 1. The quantitative estimate of drug-likeness (QED) is 0.0663. The minimum Gasteiger partial charge on any atom is -0.370 e. The Kier molecular flexibility index (Phi) is 10.6. The third-order valence-corrected chi connectivity index (χ3v) is 10.0. The molecule has 5 N–H and O–H groups in total. The second-order valence-electron chi connectivity index (χ2n) is 12.2. The van der Waals surface area contributed by atoms with Gasteiger partial charge in [-0.15, -0.1) is 0 Å². The Labute approximate surface area is 282 Å². The molecule has 0 saturated carbocycles. The molecular formula is C35H38ClF3N6OS. The van der Waals surface area contributed by atoms with E-state index in [0.717, 1.165) is 53.9 Å². The summed E-state index contributed by atoms with van der Waals surface area (Å²) in [6.07, 6.45) is 3.70. The van der Waals surface area contributed by atoms with Crippen molar-refractivity contribution in [1.29, 1.82) is 0 Å². The van der Waals surface area contributed by atoms with Gasteiger partial charge in [0.1, 0.15) is 17.5 Å². The molecule has 47 heavy (non-hydrogen) atoms. The fourth-order valence-corrected chi connectivity index (χ4v) is 7.27. The molecule has 0 fully saturated rings. The smallest absolute Gasteiger partial charge is 0.251 e. The fraction of sp³-hybridized carbons (Fsp3) is 0.343. The minimum atomic E-state index is -0.825. The second kappa shape index (κ2) is 14.4. The predicted octanol–water partition coefficient (Wildman–Crippen LogP) is 7.36. The van der Waals surface area contributed by atoms with Crippen LogP contribution < -0.4 is 16.8 Å². The lowest BCUT2D eigenvalue weighted by Gasteiger charge is -2.36. The second-order valence-corrected chi connectivity index (χ2v) is 13.5. The van der Waals surface area contributed by atoms with Crippen molar-refractivity contribution in [2.24, 2.45) is 16.5 Å². The van der Waals surface area contributed by atoms with E-state index in [1.165, 1.54) is 23.9 Å². The van der Waals surface area contributed by atoms with E-state index in [0.29, 0.717) is 35.3 Å². The molecule has 1 aliphatic carbocycles. The maximum atomic E-state index is 15.4. The lowest BCUT2D eigenvalue weighted by atomic mass is 9.71. The molecule has 5 rings (SSSR count). The van der Waals surface area contributed by atoms with E-state index in [9.17, 15) is 9.18 Å². The molecule has 248 valence electrons. The van der Waals surface area contributed by atoms with Crippen LogP contribution in [0.25, 0.3) is 5.69 Å². The fourth-order valence-electron chi connectivity index (χ4n) is 6.10. The van der Waals surface area contributed by atoms with Crippen LogP contribution >= 0.6 is 23.4 Å². The summed E-state index contributed by atoms with van der Waals surface area (Å²) >= 11 is 7.56. The standard InChI is InChI=1S/C35H38ClF3N6OS/c1-20-16-23(8-13-27(20)36)35(3)14-4-7-30-31(35)45(25-11-9-24(37)10-12-25)34(44-30)47-19-26-28(38)17-22(18-29(26)39)32(46)43-21(2)6-5-15-42-33(40)41/h8-13,16-18,21H,4-7,14-15,19H2,1-3H3,(H,43,46)(H4,40,41,42)/t21-,35?/m1/s1. The number of benzene rings is 3. The van der Waals surface area contributed by atoms with Gasteiger partial charge in [-0.05, 0) is 106 Å². The summed E-state index contributed by atoms with van der Waals surface area (Å²) in [7, 11) is 0. The van der Waals surface area contributed by atoms with Gasteiger partial charge < -0.3 is 16.8 Å². The van der Waals surface area contributed by atoms with Crippen molar-refractivity contribution in [2.45, 2.75) is 75.2 Å². The predicted molar refractivity (Wildman–Crippen MR) is 182 cm³/mol. The molecule has 1 amide bonds. The first-order valence-electron chi connectivity index (χ1n) is 15.5. The summed E-state index contributed by atoms with van der Waals surface area (Å²) in [5, 5.41) is 3.98. The molecule has 12 heteroatoms. The van der Waals surface area contributed by atoms with Crippen LogP contribution in [0.3, 0.4) is 0 Å². The number of nitrogens with two attached hydrogens (primary N) is 2. The van der Waals surface area contributed by atoms with E-state index in [1.807, 2.05) is 23.6 Å². The van der Waals surface area contributed by atoms with Crippen LogP contribution in [0, 0.1) is 24.4 Å². The Hall–Kier alpha value is -3.96. The van der Waals surface area contributed by atoms with Gasteiger partial charge in [0.05, 0.1) is 11.4 Å². The van der Waals surface area contributed by atoms with Crippen LogP contribution in [-0.2, 0) is 17.6 Å². The number of guanidine groups is 1. The van der Waals surface area contributed by atoms with Crippen LogP contribution in [-0.4, -0.2) is 34.0 Å². The third-order valence-electron chi connectivity index (χ3n) is 8.63. The molecule has 1 unspecified atom stereocenters. The first kappa shape index (κ1) is 34.4. The minimum absolute atomic E-state index is 0.00333. The molecule has 2 atom stereocenters. The lowest BCUT2D eigenvalue weighted by molar-refractivity contribution is 0.0937. The zero-order valence-electron chi connectivity index (χ0n) is 26.5. The highest BCUT2D eigenvalue weighted by molar-refractivity contribution is 7.98. The highest BCUT2D eigenvalue weighted by atomic mass is 35.5. The number of hydrogen-bond donors (Lipinski definition) is 3. The highest BCUT2D eigenvalue weighted by Gasteiger charge is 2.39. The van der Waals surface area contributed by atoms with Crippen LogP contribution in [0.15, 0.2) is 64.7 Å². The molecule has 1 aromatic heterocycles. The van der Waals surface area contributed by atoms with E-state index >= 15 is 8.78 Å². The Morgan fingerprint density at radius 3 is 2.49 bits per heavy atom. The molecule has 0 bridgehead atoms. The number of rotatable bonds is 11. The molecule has 0 aliphatic heterocycles. The summed E-state index contributed by atoms with van der Waals surface area (Å²) in [6.45, 7) is 6.35. The number of carbonyl (C=O) groups is 1. The number of aryl methyl sites for hydroxylation is 2. The SMILES string of the molecule is Cc1cc(C2(C)CCCc3nc(SCc4c(F)cc(C(=O)N[C@H](C)CCCN=C(N)N)cc4F)n(-c4ccc(F)cc4)c32)ccc1Cl. The van der Waals surface area contributed by atoms with E-state index in [2.05, 4.69) is 23.3 Å². The molecule has 3 aromatic carbocycles. The van der Waals surface area contributed by atoms with E-state index < -0.39 is 23.0 Å². The zero-order valence-corrected chi connectivity index (χ0v) is 28.1. The summed E-state index contributed by atoms with van der Waals surface area (Å²) in [6, 6.07) is 14.0. The number of fused-ring (bicyclic) bond motifs is 1. The molecule has 0 spiro atoms. The van der Waals surface area contributed by atoms with Crippen molar-refractivity contribution in [2.75, 3.05) is 6.54 Å². The van der Waals surface area contributed by atoms with Crippen LogP contribution in [0.1, 0.15) is 78.0 Å². The highest BCUT2D eigenvalue weighted by Crippen LogP contribution is 2.46. The van der Waals surface area contributed by atoms with E-state index in [1.54, 1.807) is 19.1 Å². The third kappa shape index (κ3) is 7.62. The van der Waals surface area contributed by atoms with Gasteiger partial charge in [0.2, 0.25) is 0 Å². The van der Waals surface area contributed by atoms with Gasteiger partial charge in [-0.3, -0.25) is 14.4 Å². The van der Waals surface area contributed by atoms with Gasteiger partial charge in [0.15, 0.2) is 11.1 Å². The summed E-state index contributed by atoms with van der Waals surface area (Å²) in [4.78, 5) is 21.7. The van der Waals surface area contributed by atoms with Crippen molar-refractivity contribution >= 4 is 35.2 Å². The number of aromatic nitrogens is 2. The maximum absolute atomic E-state index is 15.4. The zero-order chi connectivity index (χ0) is 33.9. The summed E-state index contributed by atoms with van der Waals surface area (Å²) in [5.74, 6) is -2.68. The van der Waals surface area contributed by atoms with Crippen molar-refractivity contribution in [1.82, 2.24) is 14.9 Å². The number of carbonyl (C=O) groups excluding carboxylic acids is 1. The van der Waals surface area contributed by atoms with Gasteiger partial charge in [-0.2, -0.15) is 0 Å². The van der Waals surface area contributed by atoms with Gasteiger partial charge in [-0.25, -0.2) is 18.2 Å². The maximum Gasteiger partial charge on any atom is 0.251 e. The van der Waals surface area contributed by atoms with Crippen molar-refractivity contribution < 1.29 is 18.0 Å². The molecule has 1 heterocycles. The number of hydrogen-bond acceptors (Lipinski definition) is 4. The molecule has 4 aromatic rings. The van der Waals surface area contributed by atoms with E-state index in [-0.39, 0.29) is 34.7 Å². The molecule has 0 saturated heterocycles. The van der Waals surface area contributed by atoms with Crippen molar-refractivity contribution in [3.63, 3.8) is 0 Å². The number of imidazole rings is 1. The largest absolute Gasteiger partial charge is 0.370 e. The first-order valence-corrected chi connectivity index (χ1v) is 16.9. The Balaban J connectivity index is 1.43. The number of halogens is 4. The van der Waals surface area contributed by atoms with Crippen LogP contribution in [0.5, 0.6) is 0 Å². The number of aliphatic imine (C=N–C) groups is 1. The Morgan fingerprint density at radius 1 is 1.13 bits per heavy atom. The number of amides is 1. The number of nitrogens with zero attached hydrogens (tertiary/aromatic N) is 3. The van der Waals surface area contributed by atoms with Crippen LogP contribution in [0.4, 0.5) is 13.2 Å². The summed E-state index contributed by atoms with van der Waals surface area (Å²) < 4.78 is 46.8. The lowest BCUT2D eigenvalue weighted by Crippen LogP contribution is -2.33. The topological polar surface area (TPSA) is 111 Å². The van der Waals surface area contributed by atoms with Crippen molar-refractivity contribution in [3.05, 3.63) is 111 Å². The molecule has 7 nitrogen and oxygen atoms in total. The molecule has 0 radical (unpaired) electrons. The molecular weight excluding hydrogens is 645 g/mol. The van der Waals surface area contributed by atoms with Gasteiger partial charge >= 0.3 is 0 Å². The van der Waals surface area contributed by atoms with Gasteiger partial charge in [0, 0.05) is 45.6 Å². The summed E-state index contributed by atoms with van der Waals surface area (Å²) in [5.41, 5.74) is 14.5. The van der Waals surface area contributed by atoms with Gasteiger partial charge in [0.25, 0.3) is 5.91 Å². The normalized spacial score (nSPS) is 16.4. The number of nitrogens with one attached hydrogen (secondary N) is 1. The Morgan fingerprint density at radius 2 is 1.83 bits per heavy atom. The average molecular weight is 683 g/mol.